The molecule has 194 valence electrons. The number of hydrogen-bond donors (Lipinski definition) is 2. The molecular formula is C27H33Cl2N3O4. The number of fused-ring (bicyclic) bond motifs is 1. The van der Waals surface area contributed by atoms with Crippen molar-refractivity contribution in [1.29, 1.82) is 0 Å². The summed E-state index contributed by atoms with van der Waals surface area (Å²) in [5.74, 6) is -2.30. The number of carbonyl (C=O) groups excluding carboxylic acids is 3. The number of hydrogen-bond acceptors (Lipinski definition) is 4. The summed E-state index contributed by atoms with van der Waals surface area (Å²) >= 11 is 12.2. The van der Waals surface area contributed by atoms with E-state index in [0.29, 0.717) is 22.3 Å². The summed E-state index contributed by atoms with van der Waals surface area (Å²) in [5, 5.41) is 6.81. The van der Waals surface area contributed by atoms with E-state index in [1.165, 1.54) is 6.42 Å². The topological polar surface area (TPSA) is 87.7 Å². The molecule has 5 atom stereocenters. The molecular weight excluding hydrogens is 501 g/mol. The monoisotopic (exact) mass is 533 g/mol. The first-order valence-electron chi connectivity index (χ1n) is 13.0. The third-order valence-corrected chi connectivity index (χ3v) is 8.96. The molecule has 7 nitrogen and oxygen atoms in total. The fourth-order valence-electron chi connectivity index (χ4n) is 6.52. The molecule has 3 heterocycles. The Morgan fingerprint density at radius 2 is 1.86 bits per heavy atom. The molecule has 2 bridgehead atoms. The van der Waals surface area contributed by atoms with Crippen molar-refractivity contribution in [3.05, 3.63) is 40.4 Å². The van der Waals surface area contributed by atoms with Gasteiger partial charge in [0.1, 0.15) is 11.6 Å². The summed E-state index contributed by atoms with van der Waals surface area (Å²) in [6, 6.07) is 4.16. The Labute approximate surface area is 221 Å². The molecule has 0 radical (unpaired) electrons. The Morgan fingerprint density at radius 1 is 1.11 bits per heavy atom. The Kier molecular flexibility index (Phi) is 6.85. The van der Waals surface area contributed by atoms with Crippen LogP contribution in [0.5, 0.6) is 0 Å². The first-order chi connectivity index (χ1) is 17.2. The minimum atomic E-state index is -1.17. The normalized spacial score (nSPS) is 33.2. The third kappa shape index (κ3) is 4.13. The fourth-order valence-corrected chi connectivity index (χ4v) is 6.82. The van der Waals surface area contributed by atoms with Gasteiger partial charge in [0.2, 0.25) is 17.7 Å². The molecule has 1 aromatic carbocycles. The highest BCUT2D eigenvalue weighted by molar-refractivity contribution is 6.42. The second-order valence-electron chi connectivity index (χ2n) is 10.7. The van der Waals surface area contributed by atoms with Crippen molar-refractivity contribution in [2.75, 3.05) is 11.9 Å². The van der Waals surface area contributed by atoms with Crippen molar-refractivity contribution in [3.63, 3.8) is 0 Å². The van der Waals surface area contributed by atoms with Gasteiger partial charge < -0.3 is 20.3 Å². The smallest absolute Gasteiger partial charge is 0.246 e. The molecule has 9 heteroatoms. The zero-order valence-electron chi connectivity index (χ0n) is 20.7. The average Bonchev–Trinajstić information content (AvgIpc) is 3.41. The van der Waals surface area contributed by atoms with Crippen LogP contribution in [0.3, 0.4) is 0 Å². The number of unbranched alkanes of at least 4 members (excludes halogenated alkanes) is 1. The lowest BCUT2D eigenvalue weighted by atomic mass is 9.70. The minimum absolute atomic E-state index is 0.108. The maximum Gasteiger partial charge on any atom is 0.246 e. The molecule has 36 heavy (non-hydrogen) atoms. The minimum Gasteiger partial charge on any atom is -0.356 e. The molecule has 1 aromatic rings. The fraction of sp³-hybridized carbons (Fsp3) is 0.593. The van der Waals surface area contributed by atoms with E-state index in [-0.39, 0.29) is 23.8 Å². The van der Waals surface area contributed by atoms with Crippen LogP contribution < -0.4 is 10.6 Å². The molecule has 3 fully saturated rings. The first kappa shape index (κ1) is 25.6. The Hall–Kier alpha value is -2.09. The number of likely N-dealkylation sites (tertiary alicyclic amines) is 1. The van der Waals surface area contributed by atoms with E-state index in [1.54, 1.807) is 23.1 Å². The van der Waals surface area contributed by atoms with Crippen molar-refractivity contribution in [1.82, 2.24) is 10.2 Å². The number of carbonyl (C=O) groups is 3. The highest BCUT2D eigenvalue weighted by Gasteiger charge is 2.76. The van der Waals surface area contributed by atoms with Gasteiger partial charge in [-0.05, 0) is 44.4 Å². The van der Waals surface area contributed by atoms with Crippen LogP contribution in [0.25, 0.3) is 0 Å². The highest BCUT2D eigenvalue weighted by atomic mass is 35.5. The van der Waals surface area contributed by atoms with E-state index in [1.807, 2.05) is 26.0 Å². The largest absolute Gasteiger partial charge is 0.356 e. The Balaban J connectivity index is 1.46. The highest BCUT2D eigenvalue weighted by Crippen LogP contribution is 2.59. The van der Waals surface area contributed by atoms with E-state index in [4.69, 9.17) is 27.9 Å². The van der Waals surface area contributed by atoms with Crippen LogP contribution in [-0.2, 0) is 19.1 Å². The predicted molar refractivity (Wildman–Crippen MR) is 139 cm³/mol. The lowest BCUT2D eigenvalue weighted by Crippen LogP contribution is -2.56. The standard InChI is InChI=1S/C27H33Cl2N3O4/c1-3-4-14-32-22(24(34)30-16-8-6-5-7-9-16)27-13-12-26(2,36-27)20(21(27)25(32)35)23(33)31-17-10-11-18(28)19(29)15-17/h10-13,15-16,20-22H,3-9,14H2,1-2H3,(H,30,34)(H,31,33). The van der Waals surface area contributed by atoms with Crippen molar-refractivity contribution < 1.29 is 19.1 Å². The van der Waals surface area contributed by atoms with Gasteiger partial charge in [0, 0.05) is 18.3 Å². The molecule has 1 saturated carbocycles. The predicted octanol–water partition coefficient (Wildman–Crippen LogP) is 4.72. The molecule has 4 aliphatic rings. The lowest BCUT2D eigenvalue weighted by Gasteiger charge is -2.34. The van der Waals surface area contributed by atoms with E-state index >= 15 is 0 Å². The van der Waals surface area contributed by atoms with Crippen LogP contribution in [0.4, 0.5) is 5.69 Å². The number of anilines is 1. The number of amides is 3. The second-order valence-corrected chi connectivity index (χ2v) is 11.5. The van der Waals surface area contributed by atoms with Crippen molar-refractivity contribution in [2.45, 2.75) is 82.1 Å². The number of nitrogens with zero attached hydrogens (tertiary/aromatic N) is 1. The van der Waals surface area contributed by atoms with E-state index in [0.717, 1.165) is 38.5 Å². The number of ether oxygens (including phenoxy) is 1. The Morgan fingerprint density at radius 3 is 2.56 bits per heavy atom. The van der Waals surface area contributed by atoms with Gasteiger partial charge in [0.15, 0.2) is 0 Å². The lowest BCUT2D eigenvalue weighted by molar-refractivity contribution is -0.144. The van der Waals surface area contributed by atoms with Crippen LogP contribution >= 0.6 is 23.2 Å². The van der Waals surface area contributed by atoms with Gasteiger partial charge in [-0.15, -0.1) is 0 Å². The van der Waals surface area contributed by atoms with Crippen molar-refractivity contribution in [3.8, 4) is 0 Å². The molecule has 2 N–H and O–H groups in total. The van der Waals surface area contributed by atoms with Gasteiger partial charge in [-0.25, -0.2) is 0 Å². The second kappa shape index (κ2) is 9.66. The van der Waals surface area contributed by atoms with Crippen LogP contribution in [0.15, 0.2) is 30.4 Å². The summed E-state index contributed by atoms with van der Waals surface area (Å²) in [6.45, 7) is 4.31. The summed E-state index contributed by atoms with van der Waals surface area (Å²) in [4.78, 5) is 42.9. The van der Waals surface area contributed by atoms with Crippen LogP contribution in [0.1, 0.15) is 58.8 Å². The maximum atomic E-state index is 13.9. The van der Waals surface area contributed by atoms with Gasteiger partial charge in [0.25, 0.3) is 0 Å². The summed E-state index contributed by atoms with van der Waals surface area (Å²) in [7, 11) is 0. The van der Waals surface area contributed by atoms with Crippen molar-refractivity contribution in [2.24, 2.45) is 11.8 Å². The molecule has 0 aromatic heterocycles. The SMILES string of the molecule is CCCCN1C(=O)C2C(C(=O)Nc3ccc(Cl)c(Cl)c3)C3(C)C=CC2(O3)C1C(=O)NC1CCCCC1. The molecule has 5 rings (SSSR count). The van der Waals surface area contributed by atoms with Gasteiger partial charge >= 0.3 is 0 Å². The number of rotatable bonds is 7. The zero-order valence-corrected chi connectivity index (χ0v) is 22.2. The molecule has 3 aliphatic heterocycles. The summed E-state index contributed by atoms with van der Waals surface area (Å²) in [5.41, 5.74) is -1.68. The molecule has 1 spiro atoms. The van der Waals surface area contributed by atoms with E-state index in [2.05, 4.69) is 10.6 Å². The van der Waals surface area contributed by atoms with E-state index < -0.39 is 29.1 Å². The number of benzene rings is 1. The van der Waals surface area contributed by atoms with Crippen LogP contribution in [-0.4, -0.2) is 52.5 Å². The number of halogens is 2. The maximum absolute atomic E-state index is 13.9. The van der Waals surface area contributed by atoms with Crippen LogP contribution in [0.2, 0.25) is 10.0 Å². The van der Waals surface area contributed by atoms with E-state index in [9.17, 15) is 14.4 Å². The average molecular weight is 534 g/mol. The molecule has 3 amide bonds. The molecule has 5 unspecified atom stereocenters. The van der Waals surface area contributed by atoms with Gasteiger partial charge in [-0.1, -0.05) is 68.0 Å². The number of nitrogens with one attached hydrogen (secondary N) is 2. The Bertz CT molecular complexity index is 1100. The molecule has 1 aliphatic carbocycles. The first-order valence-corrected chi connectivity index (χ1v) is 13.7. The van der Waals surface area contributed by atoms with Gasteiger partial charge in [-0.2, -0.15) is 0 Å². The van der Waals surface area contributed by atoms with Crippen molar-refractivity contribution >= 4 is 46.6 Å². The van der Waals surface area contributed by atoms with Gasteiger partial charge in [-0.3, -0.25) is 14.4 Å². The summed E-state index contributed by atoms with van der Waals surface area (Å²) in [6.07, 6.45) is 10.6. The quantitative estimate of drug-likeness (QED) is 0.496. The van der Waals surface area contributed by atoms with Crippen LogP contribution in [0, 0.1) is 11.8 Å². The van der Waals surface area contributed by atoms with Gasteiger partial charge in [0.05, 0.1) is 27.5 Å². The third-order valence-electron chi connectivity index (χ3n) is 8.22. The zero-order chi connectivity index (χ0) is 25.7. The summed E-state index contributed by atoms with van der Waals surface area (Å²) < 4.78 is 6.55. The molecule has 2 saturated heterocycles.